The SMILES string of the molecule is COc1ccc(/C=N/N=C\c2cc(F)c(OC(F)(F)F)c(F)c2)cc1. The van der Waals surface area contributed by atoms with E-state index in [0.29, 0.717) is 23.4 Å². The van der Waals surface area contributed by atoms with Crippen LogP contribution in [0, 0.1) is 11.6 Å². The molecule has 0 saturated carbocycles. The summed E-state index contributed by atoms with van der Waals surface area (Å²) in [5, 5.41) is 7.26. The summed E-state index contributed by atoms with van der Waals surface area (Å²) in [5.74, 6) is -3.87. The van der Waals surface area contributed by atoms with E-state index in [4.69, 9.17) is 4.74 Å². The van der Waals surface area contributed by atoms with Crippen LogP contribution in [0.25, 0.3) is 0 Å². The molecule has 0 spiro atoms. The molecule has 2 aromatic rings. The van der Waals surface area contributed by atoms with E-state index in [1.165, 1.54) is 13.3 Å². The summed E-state index contributed by atoms with van der Waals surface area (Å²) >= 11 is 0. The number of benzene rings is 2. The highest BCUT2D eigenvalue weighted by molar-refractivity contribution is 5.83. The van der Waals surface area contributed by atoms with Crippen LogP contribution in [0.3, 0.4) is 0 Å². The molecule has 0 amide bonds. The Hall–Kier alpha value is -2.97. The van der Waals surface area contributed by atoms with E-state index in [1.54, 1.807) is 24.3 Å². The number of methoxy groups -OCH3 is 1. The first-order valence-electron chi connectivity index (χ1n) is 6.74. The van der Waals surface area contributed by atoms with E-state index in [2.05, 4.69) is 14.9 Å². The zero-order valence-corrected chi connectivity index (χ0v) is 12.7. The minimum absolute atomic E-state index is 0.114. The topological polar surface area (TPSA) is 43.2 Å². The molecule has 0 N–H and O–H groups in total. The van der Waals surface area contributed by atoms with Gasteiger partial charge < -0.3 is 9.47 Å². The van der Waals surface area contributed by atoms with Crippen LogP contribution in [0.5, 0.6) is 11.5 Å². The minimum Gasteiger partial charge on any atom is -0.497 e. The summed E-state index contributed by atoms with van der Waals surface area (Å²) in [7, 11) is 1.52. The number of hydrogen-bond donors (Lipinski definition) is 0. The highest BCUT2D eigenvalue weighted by Crippen LogP contribution is 2.29. The molecule has 0 unspecified atom stereocenters. The summed E-state index contributed by atoms with van der Waals surface area (Å²) < 4.78 is 71.4. The molecule has 2 aromatic carbocycles. The van der Waals surface area contributed by atoms with Crippen LogP contribution >= 0.6 is 0 Å². The third-order valence-corrected chi connectivity index (χ3v) is 2.83. The molecular formula is C16H11F5N2O2. The number of rotatable bonds is 5. The molecule has 0 heterocycles. The maximum atomic E-state index is 13.5. The average Bonchev–Trinajstić information content (AvgIpc) is 2.55. The number of halogens is 5. The number of hydrogen-bond acceptors (Lipinski definition) is 4. The van der Waals surface area contributed by atoms with Crippen LogP contribution in [0.2, 0.25) is 0 Å². The summed E-state index contributed by atoms with van der Waals surface area (Å²) in [5.41, 5.74) is 0.584. The van der Waals surface area contributed by atoms with Gasteiger partial charge in [-0.05, 0) is 42.0 Å². The van der Waals surface area contributed by atoms with Gasteiger partial charge in [0.2, 0.25) is 5.75 Å². The van der Waals surface area contributed by atoms with Crippen molar-refractivity contribution in [2.45, 2.75) is 6.36 Å². The number of nitrogens with zero attached hydrogens (tertiary/aromatic N) is 2. The van der Waals surface area contributed by atoms with Crippen molar-refractivity contribution in [3.05, 3.63) is 59.2 Å². The van der Waals surface area contributed by atoms with Gasteiger partial charge in [-0.25, -0.2) is 8.78 Å². The van der Waals surface area contributed by atoms with Crippen molar-refractivity contribution in [3.8, 4) is 11.5 Å². The molecule has 0 fully saturated rings. The second-order valence-electron chi connectivity index (χ2n) is 4.62. The molecule has 4 nitrogen and oxygen atoms in total. The molecule has 0 aliphatic rings. The second kappa shape index (κ2) is 7.73. The first kappa shape index (κ1) is 18.4. The lowest BCUT2D eigenvalue weighted by Gasteiger charge is -2.10. The Morgan fingerprint density at radius 3 is 1.88 bits per heavy atom. The Kier molecular flexibility index (Phi) is 5.68. The van der Waals surface area contributed by atoms with E-state index in [-0.39, 0.29) is 5.56 Å². The predicted octanol–water partition coefficient (Wildman–Crippen LogP) is 4.33. The largest absolute Gasteiger partial charge is 0.573 e. The smallest absolute Gasteiger partial charge is 0.497 e. The van der Waals surface area contributed by atoms with Crippen LogP contribution < -0.4 is 9.47 Å². The normalized spacial score (nSPS) is 12.1. The predicted molar refractivity (Wildman–Crippen MR) is 81.2 cm³/mol. The first-order chi connectivity index (χ1) is 11.8. The van der Waals surface area contributed by atoms with Gasteiger partial charge in [-0.3, -0.25) is 0 Å². The fourth-order valence-corrected chi connectivity index (χ4v) is 1.76. The van der Waals surface area contributed by atoms with Crippen molar-refractivity contribution in [2.75, 3.05) is 7.11 Å². The zero-order valence-electron chi connectivity index (χ0n) is 12.7. The molecule has 2 rings (SSSR count). The molecule has 0 saturated heterocycles. The van der Waals surface area contributed by atoms with Crippen LogP contribution in [0.4, 0.5) is 22.0 Å². The van der Waals surface area contributed by atoms with Crippen LogP contribution in [-0.4, -0.2) is 25.9 Å². The second-order valence-corrected chi connectivity index (χ2v) is 4.62. The lowest BCUT2D eigenvalue weighted by Crippen LogP contribution is -2.19. The van der Waals surface area contributed by atoms with E-state index < -0.39 is 23.7 Å². The third kappa shape index (κ3) is 5.55. The van der Waals surface area contributed by atoms with E-state index in [9.17, 15) is 22.0 Å². The van der Waals surface area contributed by atoms with Gasteiger partial charge >= 0.3 is 6.36 Å². The molecule has 0 aromatic heterocycles. The average molecular weight is 358 g/mol. The first-order valence-corrected chi connectivity index (χ1v) is 6.74. The molecule has 0 aliphatic carbocycles. The molecule has 0 radical (unpaired) electrons. The van der Waals surface area contributed by atoms with E-state index in [1.807, 2.05) is 0 Å². The Labute approximate surface area is 139 Å². The summed E-state index contributed by atoms with van der Waals surface area (Å²) in [6.07, 6.45) is -2.83. The van der Waals surface area contributed by atoms with Gasteiger partial charge in [0.15, 0.2) is 11.6 Å². The van der Waals surface area contributed by atoms with Crippen molar-refractivity contribution in [3.63, 3.8) is 0 Å². The van der Waals surface area contributed by atoms with Crippen molar-refractivity contribution < 1.29 is 31.4 Å². The van der Waals surface area contributed by atoms with Crippen molar-refractivity contribution in [1.29, 1.82) is 0 Å². The molecule has 25 heavy (non-hydrogen) atoms. The quantitative estimate of drug-likeness (QED) is 0.454. The van der Waals surface area contributed by atoms with Gasteiger partial charge in [0.25, 0.3) is 0 Å². The van der Waals surface area contributed by atoms with E-state index >= 15 is 0 Å². The van der Waals surface area contributed by atoms with Crippen LogP contribution in [0.15, 0.2) is 46.6 Å². The van der Waals surface area contributed by atoms with Crippen LogP contribution in [0.1, 0.15) is 11.1 Å². The zero-order chi connectivity index (χ0) is 18.4. The molecular weight excluding hydrogens is 347 g/mol. The highest BCUT2D eigenvalue weighted by atomic mass is 19.4. The van der Waals surface area contributed by atoms with Crippen molar-refractivity contribution in [2.24, 2.45) is 10.2 Å². The van der Waals surface area contributed by atoms with Gasteiger partial charge in [0.1, 0.15) is 5.75 Å². The van der Waals surface area contributed by atoms with Gasteiger partial charge in [-0.1, -0.05) is 0 Å². The van der Waals surface area contributed by atoms with Crippen molar-refractivity contribution in [1.82, 2.24) is 0 Å². The molecule has 0 aliphatic heterocycles. The summed E-state index contributed by atoms with van der Waals surface area (Å²) in [4.78, 5) is 0. The summed E-state index contributed by atoms with van der Waals surface area (Å²) in [6.45, 7) is 0. The molecule has 132 valence electrons. The number of alkyl halides is 3. The molecule has 9 heteroatoms. The van der Waals surface area contributed by atoms with Crippen LogP contribution in [-0.2, 0) is 0 Å². The lowest BCUT2D eigenvalue weighted by molar-refractivity contribution is -0.276. The maximum Gasteiger partial charge on any atom is 0.573 e. The minimum atomic E-state index is -5.19. The van der Waals surface area contributed by atoms with Gasteiger partial charge in [-0.15, -0.1) is 13.2 Å². The molecule has 0 bridgehead atoms. The van der Waals surface area contributed by atoms with Crippen molar-refractivity contribution >= 4 is 12.4 Å². The highest BCUT2D eigenvalue weighted by Gasteiger charge is 2.34. The van der Waals surface area contributed by atoms with Gasteiger partial charge in [0.05, 0.1) is 19.5 Å². The Balaban J connectivity index is 2.09. The van der Waals surface area contributed by atoms with E-state index in [0.717, 1.165) is 6.21 Å². The standard InChI is InChI=1S/C16H11F5N2O2/c1-24-12-4-2-10(3-5-12)8-22-23-9-11-6-13(17)15(14(18)7-11)25-16(19,20)21/h2-9H,1H3/b22-8+,23-9-. The Morgan fingerprint density at radius 2 is 1.40 bits per heavy atom. The fourth-order valence-electron chi connectivity index (χ4n) is 1.76. The Bertz CT molecular complexity index is 763. The van der Waals surface area contributed by atoms with Gasteiger partial charge in [-0.2, -0.15) is 10.2 Å². The third-order valence-electron chi connectivity index (χ3n) is 2.83. The lowest BCUT2D eigenvalue weighted by atomic mass is 10.2. The fraction of sp³-hybridized carbons (Fsp3) is 0.125. The maximum absolute atomic E-state index is 13.5. The summed E-state index contributed by atoms with van der Waals surface area (Å²) in [6, 6.07) is 8.12. The Morgan fingerprint density at radius 1 is 0.880 bits per heavy atom. The monoisotopic (exact) mass is 358 g/mol. The van der Waals surface area contributed by atoms with Gasteiger partial charge in [0, 0.05) is 5.56 Å². The number of ether oxygens (including phenoxy) is 2. The molecule has 0 atom stereocenters.